The Kier molecular flexibility index (Phi) is 4.80. The van der Waals surface area contributed by atoms with Gasteiger partial charge in [-0.2, -0.15) is 5.26 Å². The normalized spacial score (nSPS) is 18.3. The number of hydrogen-bond acceptors (Lipinski definition) is 4. The second kappa shape index (κ2) is 6.99. The van der Waals surface area contributed by atoms with Crippen molar-refractivity contribution in [1.29, 1.82) is 5.26 Å². The fourth-order valence-electron chi connectivity index (χ4n) is 3.46. The van der Waals surface area contributed by atoms with Crippen LogP contribution in [0.3, 0.4) is 0 Å². The highest BCUT2D eigenvalue weighted by Crippen LogP contribution is 2.34. The van der Waals surface area contributed by atoms with Crippen molar-refractivity contribution in [2.75, 3.05) is 18.5 Å². The Balaban J connectivity index is 1.64. The van der Waals surface area contributed by atoms with E-state index in [1.807, 2.05) is 11.9 Å². The van der Waals surface area contributed by atoms with Crippen molar-refractivity contribution in [3.8, 4) is 6.07 Å². The van der Waals surface area contributed by atoms with Gasteiger partial charge < -0.3 is 9.80 Å². The van der Waals surface area contributed by atoms with Crippen molar-refractivity contribution < 1.29 is 4.79 Å². The average molecular weight is 312 g/mol. The van der Waals surface area contributed by atoms with Crippen LogP contribution in [0.1, 0.15) is 50.5 Å². The van der Waals surface area contributed by atoms with Crippen LogP contribution in [0.25, 0.3) is 0 Å². The predicted molar refractivity (Wildman–Crippen MR) is 89.0 cm³/mol. The molecular formula is C18H24N4O. The number of anilines is 1. The Bertz CT molecular complexity index is 582. The Morgan fingerprint density at radius 3 is 2.48 bits per heavy atom. The van der Waals surface area contributed by atoms with Crippen LogP contribution in [0.4, 0.5) is 5.82 Å². The monoisotopic (exact) mass is 312 g/mol. The van der Waals surface area contributed by atoms with Crippen LogP contribution >= 0.6 is 0 Å². The molecule has 1 aromatic rings. The van der Waals surface area contributed by atoms with Crippen LogP contribution in [0.15, 0.2) is 18.3 Å². The molecule has 5 nitrogen and oxygen atoms in total. The highest BCUT2D eigenvalue weighted by atomic mass is 16.2. The number of aromatic nitrogens is 1. The average Bonchev–Trinajstić information content (AvgIpc) is 3.41. The van der Waals surface area contributed by atoms with Gasteiger partial charge in [0.1, 0.15) is 11.9 Å². The first kappa shape index (κ1) is 15.8. The lowest BCUT2D eigenvalue weighted by Gasteiger charge is -2.35. The van der Waals surface area contributed by atoms with Crippen molar-refractivity contribution in [3.05, 3.63) is 23.9 Å². The molecule has 3 rings (SSSR count). The fraction of sp³-hybridized carbons (Fsp3) is 0.611. The van der Waals surface area contributed by atoms with Gasteiger partial charge in [-0.25, -0.2) is 4.98 Å². The largest absolute Gasteiger partial charge is 0.350 e. The highest BCUT2D eigenvalue weighted by Gasteiger charge is 2.37. The fourth-order valence-corrected chi connectivity index (χ4v) is 3.46. The molecule has 0 bridgehead atoms. The van der Waals surface area contributed by atoms with Crippen LogP contribution in [0, 0.1) is 11.3 Å². The first-order chi connectivity index (χ1) is 11.2. The van der Waals surface area contributed by atoms with Gasteiger partial charge in [0.15, 0.2) is 0 Å². The molecule has 0 aliphatic heterocycles. The van der Waals surface area contributed by atoms with Crippen molar-refractivity contribution >= 4 is 11.7 Å². The summed E-state index contributed by atoms with van der Waals surface area (Å²) in [6, 6.07) is 6.50. The second-order valence-electron chi connectivity index (χ2n) is 6.70. The van der Waals surface area contributed by atoms with Gasteiger partial charge in [-0.3, -0.25) is 4.79 Å². The molecule has 2 fully saturated rings. The Morgan fingerprint density at radius 2 is 1.91 bits per heavy atom. The van der Waals surface area contributed by atoms with Crippen molar-refractivity contribution in [2.24, 2.45) is 0 Å². The number of carbonyl (C=O) groups is 1. The summed E-state index contributed by atoms with van der Waals surface area (Å²) in [6.45, 7) is 0.353. The lowest BCUT2D eigenvalue weighted by Crippen LogP contribution is -2.47. The summed E-state index contributed by atoms with van der Waals surface area (Å²) in [5.41, 5.74) is 0.537. The molecule has 0 aromatic carbocycles. The van der Waals surface area contributed by atoms with Gasteiger partial charge in [0, 0.05) is 25.3 Å². The SMILES string of the molecule is CN(CC(=O)N(C1CCCCC1)C1CC1)c1ccc(C#N)cn1. The van der Waals surface area contributed by atoms with E-state index < -0.39 is 0 Å². The molecular weight excluding hydrogens is 288 g/mol. The first-order valence-corrected chi connectivity index (χ1v) is 8.57. The highest BCUT2D eigenvalue weighted by molar-refractivity contribution is 5.82. The topological polar surface area (TPSA) is 60.2 Å². The van der Waals surface area contributed by atoms with Gasteiger partial charge >= 0.3 is 0 Å². The zero-order chi connectivity index (χ0) is 16.2. The van der Waals surface area contributed by atoms with E-state index in [1.165, 1.54) is 19.3 Å². The molecule has 0 radical (unpaired) electrons. The van der Waals surface area contributed by atoms with E-state index in [1.54, 1.807) is 18.3 Å². The molecule has 0 N–H and O–H groups in total. The van der Waals surface area contributed by atoms with Crippen LogP contribution < -0.4 is 4.90 Å². The molecule has 0 saturated heterocycles. The predicted octanol–water partition coefficient (Wildman–Crippen LogP) is 2.71. The minimum atomic E-state index is 0.216. The molecule has 0 atom stereocenters. The van der Waals surface area contributed by atoms with Gasteiger partial charge in [-0.15, -0.1) is 0 Å². The molecule has 2 aliphatic carbocycles. The number of nitrogens with zero attached hydrogens (tertiary/aromatic N) is 4. The molecule has 2 aliphatic rings. The molecule has 2 saturated carbocycles. The maximum absolute atomic E-state index is 12.8. The van der Waals surface area contributed by atoms with Gasteiger partial charge in [0.05, 0.1) is 12.1 Å². The minimum absolute atomic E-state index is 0.216. The molecule has 0 spiro atoms. The molecule has 23 heavy (non-hydrogen) atoms. The van der Waals surface area contributed by atoms with Crippen molar-refractivity contribution in [3.63, 3.8) is 0 Å². The Morgan fingerprint density at radius 1 is 1.22 bits per heavy atom. The van der Waals surface area contributed by atoms with Crippen LogP contribution in [0.5, 0.6) is 0 Å². The summed E-state index contributed by atoms with van der Waals surface area (Å²) in [6.07, 6.45) is 9.96. The number of rotatable bonds is 5. The zero-order valence-corrected chi connectivity index (χ0v) is 13.7. The number of pyridine rings is 1. The number of carbonyl (C=O) groups excluding carboxylic acids is 1. The quantitative estimate of drug-likeness (QED) is 0.839. The number of amides is 1. The smallest absolute Gasteiger partial charge is 0.242 e. The zero-order valence-electron chi connectivity index (χ0n) is 13.7. The standard InChI is InChI=1S/C18H24N4O/c1-21(17-10-7-14(11-19)12-20-17)13-18(23)22(16-8-9-16)15-5-3-2-4-6-15/h7,10,12,15-16H,2-6,8-9,13H2,1H3. The van der Waals surface area contributed by atoms with Crippen molar-refractivity contribution in [1.82, 2.24) is 9.88 Å². The number of hydrogen-bond donors (Lipinski definition) is 0. The lowest BCUT2D eigenvalue weighted by molar-refractivity contribution is -0.133. The van der Waals surface area contributed by atoms with E-state index in [-0.39, 0.29) is 5.91 Å². The maximum atomic E-state index is 12.8. The third-order valence-corrected chi connectivity index (χ3v) is 4.84. The third kappa shape index (κ3) is 3.82. The number of nitriles is 1. The van der Waals surface area contributed by atoms with Gasteiger partial charge in [-0.05, 0) is 37.8 Å². The van der Waals surface area contributed by atoms with E-state index in [2.05, 4.69) is 16.0 Å². The van der Waals surface area contributed by atoms with Gasteiger partial charge in [0.2, 0.25) is 5.91 Å². The maximum Gasteiger partial charge on any atom is 0.242 e. The molecule has 1 aromatic heterocycles. The van der Waals surface area contributed by atoms with E-state index in [4.69, 9.17) is 5.26 Å². The first-order valence-electron chi connectivity index (χ1n) is 8.57. The van der Waals surface area contributed by atoms with E-state index >= 15 is 0 Å². The number of likely N-dealkylation sites (N-methyl/N-ethyl adjacent to an activating group) is 1. The Hall–Kier alpha value is -2.09. The van der Waals surface area contributed by atoms with E-state index in [0.29, 0.717) is 24.2 Å². The molecule has 0 unspecified atom stereocenters. The van der Waals surface area contributed by atoms with E-state index in [9.17, 15) is 4.79 Å². The molecule has 1 amide bonds. The minimum Gasteiger partial charge on any atom is -0.350 e. The summed E-state index contributed by atoms with van der Waals surface area (Å²) in [7, 11) is 1.89. The summed E-state index contributed by atoms with van der Waals surface area (Å²) in [5.74, 6) is 0.949. The lowest BCUT2D eigenvalue weighted by atomic mass is 9.94. The summed E-state index contributed by atoms with van der Waals surface area (Å²) < 4.78 is 0. The summed E-state index contributed by atoms with van der Waals surface area (Å²) in [4.78, 5) is 21.1. The molecule has 5 heteroatoms. The van der Waals surface area contributed by atoms with Gasteiger partial charge in [-0.1, -0.05) is 19.3 Å². The van der Waals surface area contributed by atoms with Crippen LogP contribution in [-0.2, 0) is 4.79 Å². The molecule has 1 heterocycles. The van der Waals surface area contributed by atoms with Crippen LogP contribution in [-0.4, -0.2) is 41.5 Å². The van der Waals surface area contributed by atoms with Gasteiger partial charge in [0.25, 0.3) is 0 Å². The second-order valence-corrected chi connectivity index (χ2v) is 6.70. The van der Waals surface area contributed by atoms with E-state index in [0.717, 1.165) is 31.5 Å². The summed E-state index contributed by atoms with van der Waals surface area (Å²) in [5, 5.41) is 8.83. The third-order valence-electron chi connectivity index (χ3n) is 4.84. The molecule has 122 valence electrons. The Labute approximate surface area is 137 Å². The summed E-state index contributed by atoms with van der Waals surface area (Å²) >= 11 is 0. The van der Waals surface area contributed by atoms with Crippen LogP contribution in [0.2, 0.25) is 0 Å². The van der Waals surface area contributed by atoms with Crippen molar-refractivity contribution in [2.45, 2.75) is 57.0 Å².